The third-order valence-electron chi connectivity index (χ3n) is 5.04. The van der Waals surface area contributed by atoms with Gasteiger partial charge in [-0.15, -0.1) is 11.3 Å². The standard InChI is InChI=1S/C21H22N2O4S2/c1-12(2)15-8-14-16(10-27-15)29-19-18(14)20(26)23(9-13-6-4-3-5-7-13)21(22-19)28-11-17(24)25/h3-7,12,15H,8-11H2,1-2H3,(H,24,25). The molecule has 2 aromatic heterocycles. The van der Waals surface area contributed by atoms with Crippen molar-refractivity contribution in [1.82, 2.24) is 9.55 Å². The highest BCUT2D eigenvalue weighted by molar-refractivity contribution is 7.99. The maximum atomic E-state index is 13.5. The van der Waals surface area contributed by atoms with Crippen LogP contribution >= 0.6 is 23.1 Å². The van der Waals surface area contributed by atoms with Crippen LogP contribution in [0.1, 0.15) is 29.9 Å². The van der Waals surface area contributed by atoms with Crippen molar-refractivity contribution in [1.29, 1.82) is 0 Å². The number of thioether (sulfide) groups is 1. The van der Waals surface area contributed by atoms with Gasteiger partial charge >= 0.3 is 5.97 Å². The summed E-state index contributed by atoms with van der Waals surface area (Å²) in [7, 11) is 0. The predicted octanol–water partition coefficient (Wildman–Crippen LogP) is 3.78. The molecule has 1 atom stereocenters. The molecule has 3 aromatic rings. The molecule has 0 spiro atoms. The van der Waals surface area contributed by atoms with Crippen molar-refractivity contribution in [3.63, 3.8) is 0 Å². The zero-order chi connectivity index (χ0) is 20.5. The summed E-state index contributed by atoms with van der Waals surface area (Å²) in [4.78, 5) is 31.1. The van der Waals surface area contributed by atoms with Gasteiger partial charge in [0.2, 0.25) is 0 Å². The first-order valence-corrected chi connectivity index (χ1v) is 11.3. The monoisotopic (exact) mass is 430 g/mol. The van der Waals surface area contributed by atoms with E-state index in [-0.39, 0.29) is 17.4 Å². The van der Waals surface area contributed by atoms with Crippen LogP contribution in [0.4, 0.5) is 0 Å². The fraction of sp³-hybridized carbons (Fsp3) is 0.381. The molecule has 6 nitrogen and oxygen atoms in total. The lowest BCUT2D eigenvalue weighted by molar-refractivity contribution is -0.133. The summed E-state index contributed by atoms with van der Waals surface area (Å²) in [5, 5.41) is 10.2. The second-order valence-corrected chi connectivity index (χ2v) is 9.46. The molecule has 0 aliphatic carbocycles. The molecule has 4 rings (SSSR count). The number of thiophene rings is 1. The summed E-state index contributed by atoms with van der Waals surface area (Å²) in [6.07, 6.45) is 0.792. The Morgan fingerprint density at radius 3 is 2.83 bits per heavy atom. The van der Waals surface area contributed by atoms with Crippen LogP contribution in [0.25, 0.3) is 10.2 Å². The molecule has 0 fully saturated rings. The van der Waals surface area contributed by atoms with E-state index in [9.17, 15) is 9.59 Å². The number of fused-ring (bicyclic) bond motifs is 3. The molecule has 1 aromatic carbocycles. The van der Waals surface area contributed by atoms with Crippen molar-refractivity contribution in [2.75, 3.05) is 5.75 Å². The van der Waals surface area contributed by atoms with E-state index in [0.717, 1.165) is 27.8 Å². The van der Waals surface area contributed by atoms with Gasteiger partial charge in [-0.2, -0.15) is 0 Å². The summed E-state index contributed by atoms with van der Waals surface area (Å²) in [6, 6.07) is 9.68. The number of benzene rings is 1. The van der Waals surface area contributed by atoms with Crippen LogP contribution in [-0.4, -0.2) is 32.5 Å². The minimum atomic E-state index is -0.936. The van der Waals surface area contributed by atoms with Crippen LogP contribution in [0.3, 0.4) is 0 Å². The number of carboxylic acids is 1. The molecule has 1 N–H and O–H groups in total. The first-order chi connectivity index (χ1) is 13.9. The van der Waals surface area contributed by atoms with Gasteiger partial charge in [-0.25, -0.2) is 4.98 Å². The molecule has 0 radical (unpaired) electrons. The van der Waals surface area contributed by atoms with Gasteiger partial charge in [0.05, 0.1) is 30.4 Å². The number of aliphatic carboxylic acids is 1. The smallest absolute Gasteiger partial charge is 0.313 e. The Labute approximate surface area is 176 Å². The Hall–Kier alpha value is -2.16. The number of nitrogens with zero attached hydrogens (tertiary/aromatic N) is 2. The summed E-state index contributed by atoms with van der Waals surface area (Å²) in [6.45, 7) is 5.10. The van der Waals surface area contributed by atoms with Crippen molar-refractivity contribution in [3.05, 3.63) is 56.7 Å². The van der Waals surface area contributed by atoms with Crippen LogP contribution in [0.5, 0.6) is 0 Å². The normalized spacial score (nSPS) is 16.3. The Morgan fingerprint density at radius 2 is 2.14 bits per heavy atom. The van der Waals surface area contributed by atoms with Crippen molar-refractivity contribution in [3.8, 4) is 0 Å². The predicted molar refractivity (Wildman–Crippen MR) is 115 cm³/mol. The van der Waals surface area contributed by atoms with E-state index >= 15 is 0 Å². The van der Waals surface area contributed by atoms with Crippen LogP contribution in [0.2, 0.25) is 0 Å². The van der Waals surface area contributed by atoms with Gasteiger partial charge in [-0.3, -0.25) is 14.2 Å². The second kappa shape index (κ2) is 8.30. The van der Waals surface area contributed by atoms with E-state index in [1.807, 2.05) is 30.3 Å². The van der Waals surface area contributed by atoms with Gasteiger partial charge < -0.3 is 9.84 Å². The summed E-state index contributed by atoms with van der Waals surface area (Å²) < 4.78 is 7.57. The van der Waals surface area contributed by atoms with Gasteiger partial charge in [0.25, 0.3) is 5.56 Å². The van der Waals surface area contributed by atoms with E-state index < -0.39 is 5.97 Å². The minimum absolute atomic E-state index is 0.0864. The van der Waals surface area contributed by atoms with E-state index in [1.54, 1.807) is 4.57 Å². The molecule has 0 saturated carbocycles. The SMILES string of the molecule is CC(C)C1Cc2c(sc3nc(SCC(=O)O)n(Cc4ccccc4)c(=O)c23)CO1. The maximum absolute atomic E-state index is 13.5. The Morgan fingerprint density at radius 1 is 1.38 bits per heavy atom. The third kappa shape index (κ3) is 4.10. The molecule has 29 heavy (non-hydrogen) atoms. The molecular weight excluding hydrogens is 408 g/mol. The highest BCUT2D eigenvalue weighted by atomic mass is 32.2. The molecule has 1 aliphatic rings. The highest BCUT2D eigenvalue weighted by Gasteiger charge is 2.28. The van der Waals surface area contributed by atoms with Gasteiger partial charge in [0.15, 0.2) is 5.16 Å². The number of carbonyl (C=O) groups is 1. The summed E-state index contributed by atoms with van der Waals surface area (Å²) >= 11 is 2.56. The molecule has 0 bridgehead atoms. The Balaban J connectivity index is 1.84. The summed E-state index contributed by atoms with van der Waals surface area (Å²) in [5.74, 6) is -0.714. The van der Waals surface area contributed by atoms with Crippen LogP contribution < -0.4 is 5.56 Å². The fourth-order valence-corrected chi connectivity index (χ4v) is 5.39. The van der Waals surface area contributed by atoms with Crippen LogP contribution in [0.15, 0.2) is 40.3 Å². The lowest BCUT2D eigenvalue weighted by Crippen LogP contribution is -2.29. The van der Waals surface area contributed by atoms with Crippen LogP contribution in [0, 0.1) is 5.92 Å². The zero-order valence-corrected chi connectivity index (χ0v) is 17.9. The minimum Gasteiger partial charge on any atom is -0.481 e. The molecule has 8 heteroatoms. The molecule has 1 aliphatic heterocycles. The number of hydrogen-bond donors (Lipinski definition) is 1. The fourth-order valence-electron chi connectivity index (χ4n) is 3.51. The van der Waals surface area contributed by atoms with E-state index in [1.165, 1.54) is 11.3 Å². The lowest BCUT2D eigenvalue weighted by atomic mass is 9.96. The summed E-state index contributed by atoms with van der Waals surface area (Å²) in [5.41, 5.74) is 1.91. The molecule has 1 unspecified atom stereocenters. The maximum Gasteiger partial charge on any atom is 0.313 e. The van der Waals surface area contributed by atoms with Crippen molar-refractivity contribution in [2.24, 2.45) is 5.92 Å². The Kier molecular flexibility index (Phi) is 5.76. The van der Waals surface area contributed by atoms with Gasteiger partial charge in [-0.05, 0) is 17.0 Å². The second-order valence-electron chi connectivity index (χ2n) is 7.44. The zero-order valence-electron chi connectivity index (χ0n) is 16.3. The van der Waals surface area contributed by atoms with Gasteiger partial charge in [0, 0.05) is 11.3 Å². The number of aromatic nitrogens is 2. The van der Waals surface area contributed by atoms with Crippen LogP contribution in [-0.2, 0) is 29.1 Å². The largest absolute Gasteiger partial charge is 0.481 e. The molecule has 0 amide bonds. The molecule has 152 valence electrons. The molecular formula is C21H22N2O4S2. The average molecular weight is 431 g/mol. The average Bonchev–Trinajstić information content (AvgIpc) is 3.07. The van der Waals surface area contributed by atoms with Gasteiger partial charge in [0.1, 0.15) is 4.83 Å². The van der Waals surface area contributed by atoms with E-state index in [0.29, 0.717) is 40.9 Å². The first kappa shape index (κ1) is 20.1. The topological polar surface area (TPSA) is 81.4 Å². The lowest BCUT2D eigenvalue weighted by Gasteiger charge is -2.26. The molecule has 3 heterocycles. The highest BCUT2D eigenvalue weighted by Crippen LogP contribution is 2.36. The van der Waals surface area contributed by atoms with Gasteiger partial charge in [-0.1, -0.05) is 55.9 Å². The van der Waals surface area contributed by atoms with Crippen molar-refractivity contribution >= 4 is 39.3 Å². The van der Waals surface area contributed by atoms with Crippen molar-refractivity contribution in [2.45, 2.75) is 44.7 Å². The first-order valence-electron chi connectivity index (χ1n) is 9.49. The number of hydrogen-bond acceptors (Lipinski definition) is 6. The third-order valence-corrected chi connectivity index (χ3v) is 7.11. The quantitative estimate of drug-likeness (QED) is 0.473. The van der Waals surface area contributed by atoms with E-state index in [2.05, 4.69) is 13.8 Å². The molecule has 0 saturated heterocycles. The van der Waals surface area contributed by atoms with Crippen molar-refractivity contribution < 1.29 is 14.6 Å². The van der Waals surface area contributed by atoms with E-state index in [4.69, 9.17) is 14.8 Å². The number of ether oxygens (including phenoxy) is 1. The Bertz CT molecular complexity index is 1110. The number of carboxylic acid groups (broad SMARTS) is 1. The number of rotatable bonds is 6.